The summed E-state index contributed by atoms with van der Waals surface area (Å²) in [6, 6.07) is 8.12. The number of amides is 1. The summed E-state index contributed by atoms with van der Waals surface area (Å²) >= 11 is 1.55. The average molecular weight is 404 g/mol. The number of nitrogens with one attached hydrogen (secondary N) is 1. The van der Waals surface area contributed by atoms with Gasteiger partial charge in [0.2, 0.25) is 0 Å². The maximum absolute atomic E-state index is 12.6. The molecule has 0 aliphatic heterocycles. The van der Waals surface area contributed by atoms with Crippen LogP contribution < -0.4 is 5.32 Å². The molecule has 1 amide bonds. The van der Waals surface area contributed by atoms with Crippen LogP contribution in [0.5, 0.6) is 0 Å². The summed E-state index contributed by atoms with van der Waals surface area (Å²) in [5, 5.41) is 7.73. The highest BCUT2D eigenvalue weighted by Crippen LogP contribution is 2.29. The molecule has 0 bridgehead atoms. The quantitative estimate of drug-likeness (QED) is 0.558. The number of aromatic nitrogens is 5. The zero-order valence-corrected chi connectivity index (χ0v) is 16.5. The molecule has 1 N–H and O–H groups in total. The van der Waals surface area contributed by atoms with Crippen LogP contribution in [0.25, 0.3) is 21.5 Å². The van der Waals surface area contributed by atoms with Crippen LogP contribution in [-0.4, -0.2) is 36.7 Å². The van der Waals surface area contributed by atoms with E-state index in [2.05, 4.69) is 31.6 Å². The maximum atomic E-state index is 12.6. The molecule has 146 valence electrons. The van der Waals surface area contributed by atoms with Crippen molar-refractivity contribution >= 4 is 27.5 Å². The van der Waals surface area contributed by atoms with Gasteiger partial charge in [-0.05, 0) is 49.9 Å². The van der Waals surface area contributed by atoms with E-state index in [1.807, 2.05) is 35.1 Å². The predicted octanol–water partition coefficient (Wildman–Crippen LogP) is 3.86. The summed E-state index contributed by atoms with van der Waals surface area (Å²) in [6.45, 7) is 0. The largest absolute Gasteiger partial charge is 0.349 e. The van der Waals surface area contributed by atoms with Crippen LogP contribution in [0.15, 0.2) is 54.7 Å². The Morgan fingerprint density at radius 3 is 2.86 bits per heavy atom. The molecule has 1 aromatic carbocycles. The average Bonchev–Trinajstić information content (AvgIpc) is 3.44. The lowest BCUT2D eigenvalue weighted by Crippen LogP contribution is -2.38. The molecule has 0 unspecified atom stereocenters. The third kappa shape index (κ3) is 3.75. The van der Waals surface area contributed by atoms with Gasteiger partial charge in [-0.3, -0.25) is 9.48 Å². The number of rotatable bonds is 4. The number of nitrogens with zero attached hydrogens (tertiary/aromatic N) is 5. The highest BCUT2D eigenvalue weighted by atomic mass is 32.1. The van der Waals surface area contributed by atoms with E-state index in [1.54, 1.807) is 29.4 Å². The molecule has 8 heteroatoms. The van der Waals surface area contributed by atoms with Gasteiger partial charge in [-0.15, -0.1) is 11.3 Å². The Morgan fingerprint density at radius 2 is 2.03 bits per heavy atom. The minimum atomic E-state index is -0.00566. The van der Waals surface area contributed by atoms with Crippen LogP contribution in [0.3, 0.4) is 0 Å². The van der Waals surface area contributed by atoms with Crippen LogP contribution in [0, 0.1) is 0 Å². The molecular formula is C21H20N6OS. The third-order valence-electron chi connectivity index (χ3n) is 5.48. The Hall–Kier alpha value is -3.13. The summed E-state index contributed by atoms with van der Waals surface area (Å²) in [7, 11) is 0. The van der Waals surface area contributed by atoms with Gasteiger partial charge in [0.25, 0.3) is 5.91 Å². The van der Waals surface area contributed by atoms with Crippen molar-refractivity contribution in [1.82, 2.24) is 30.0 Å². The Morgan fingerprint density at radius 1 is 1.14 bits per heavy atom. The number of fused-ring (bicyclic) bond motifs is 1. The van der Waals surface area contributed by atoms with Gasteiger partial charge in [-0.2, -0.15) is 5.10 Å². The Balaban J connectivity index is 1.19. The highest BCUT2D eigenvalue weighted by Gasteiger charge is 2.24. The zero-order chi connectivity index (χ0) is 19.6. The van der Waals surface area contributed by atoms with Gasteiger partial charge < -0.3 is 5.32 Å². The van der Waals surface area contributed by atoms with Crippen LogP contribution in [-0.2, 0) is 0 Å². The van der Waals surface area contributed by atoms with E-state index in [0.717, 1.165) is 47.2 Å². The minimum absolute atomic E-state index is 0.00566. The normalized spacial score (nSPS) is 19.3. The molecule has 0 saturated heterocycles. The van der Waals surface area contributed by atoms with Gasteiger partial charge in [-0.25, -0.2) is 15.0 Å². The van der Waals surface area contributed by atoms with Gasteiger partial charge in [0.05, 0.1) is 33.7 Å². The molecule has 5 rings (SSSR count). The number of hydrogen-bond acceptors (Lipinski definition) is 6. The van der Waals surface area contributed by atoms with Crippen LogP contribution >= 0.6 is 11.3 Å². The smallest absolute Gasteiger partial charge is 0.251 e. The van der Waals surface area contributed by atoms with Crippen molar-refractivity contribution in [2.75, 3.05) is 0 Å². The van der Waals surface area contributed by atoms with Gasteiger partial charge in [0.1, 0.15) is 6.33 Å². The van der Waals surface area contributed by atoms with Crippen molar-refractivity contribution in [3.63, 3.8) is 0 Å². The molecule has 1 aliphatic rings. The number of benzene rings is 1. The SMILES string of the molecule is O=C(NC1CCC(n2cc(-c3ccncn3)cn2)CC1)c1ccc2ncsc2c1. The zero-order valence-electron chi connectivity index (χ0n) is 15.7. The number of carbonyl (C=O) groups excluding carboxylic acids is 1. The fourth-order valence-corrected chi connectivity index (χ4v) is 4.60. The second kappa shape index (κ2) is 7.71. The summed E-state index contributed by atoms with van der Waals surface area (Å²) in [5.41, 5.74) is 5.32. The number of carbonyl (C=O) groups is 1. The molecule has 1 fully saturated rings. The molecule has 7 nitrogen and oxygen atoms in total. The lowest BCUT2D eigenvalue weighted by atomic mass is 9.91. The van der Waals surface area contributed by atoms with Crippen LogP contribution in [0.4, 0.5) is 0 Å². The van der Waals surface area contributed by atoms with E-state index in [0.29, 0.717) is 11.6 Å². The van der Waals surface area contributed by atoms with Gasteiger partial charge >= 0.3 is 0 Å². The summed E-state index contributed by atoms with van der Waals surface area (Å²) in [4.78, 5) is 25.1. The Bertz CT molecular complexity index is 1130. The fraction of sp³-hybridized carbons (Fsp3) is 0.286. The first-order valence-electron chi connectivity index (χ1n) is 9.71. The van der Waals surface area contributed by atoms with Gasteiger partial charge in [0.15, 0.2) is 0 Å². The maximum Gasteiger partial charge on any atom is 0.251 e. The molecule has 29 heavy (non-hydrogen) atoms. The van der Waals surface area contributed by atoms with Crippen molar-refractivity contribution in [2.24, 2.45) is 0 Å². The summed E-state index contributed by atoms with van der Waals surface area (Å²) in [5.74, 6) is -0.00566. The van der Waals surface area contributed by atoms with E-state index in [9.17, 15) is 4.79 Å². The standard InChI is InChI=1S/C21H20N6OS/c28-21(14-1-6-19-20(9-14)29-13-24-19)26-16-2-4-17(5-3-16)27-11-15(10-25-27)18-7-8-22-12-23-18/h1,6-13,16-17H,2-5H2,(H,26,28). The molecule has 0 atom stereocenters. The number of thiazole rings is 1. The Kier molecular flexibility index (Phi) is 4.77. The van der Waals surface area contributed by atoms with Crippen LogP contribution in [0.1, 0.15) is 42.1 Å². The predicted molar refractivity (Wildman–Crippen MR) is 112 cm³/mol. The first kappa shape index (κ1) is 17.9. The molecule has 1 saturated carbocycles. The van der Waals surface area contributed by atoms with E-state index in [1.165, 1.54) is 0 Å². The molecule has 0 spiro atoms. The van der Waals surface area contributed by atoms with E-state index < -0.39 is 0 Å². The molecule has 4 aromatic rings. The monoisotopic (exact) mass is 404 g/mol. The van der Waals surface area contributed by atoms with Crippen molar-refractivity contribution in [3.05, 3.63) is 60.3 Å². The summed E-state index contributed by atoms with van der Waals surface area (Å²) < 4.78 is 3.08. The van der Waals surface area contributed by atoms with E-state index >= 15 is 0 Å². The van der Waals surface area contributed by atoms with Gasteiger partial charge in [-0.1, -0.05) is 0 Å². The molecule has 3 aromatic heterocycles. The van der Waals surface area contributed by atoms with E-state index in [4.69, 9.17) is 0 Å². The summed E-state index contributed by atoms with van der Waals surface area (Å²) in [6.07, 6.45) is 11.1. The fourth-order valence-electron chi connectivity index (χ4n) is 3.88. The minimum Gasteiger partial charge on any atom is -0.349 e. The molecule has 1 aliphatic carbocycles. The number of hydrogen-bond donors (Lipinski definition) is 1. The van der Waals surface area contributed by atoms with Crippen LogP contribution in [0.2, 0.25) is 0 Å². The second-order valence-corrected chi connectivity index (χ2v) is 8.20. The Labute approximate surface area is 171 Å². The lowest BCUT2D eigenvalue weighted by Gasteiger charge is -2.29. The highest BCUT2D eigenvalue weighted by molar-refractivity contribution is 7.16. The van der Waals surface area contributed by atoms with Crippen molar-refractivity contribution in [3.8, 4) is 11.3 Å². The van der Waals surface area contributed by atoms with E-state index in [-0.39, 0.29) is 11.9 Å². The van der Waals surface area contributed by atoms with Crippen molar-refractivity contribution in [1.29, 1.82) is 0 Å². The molecule has 0 radical (unpaired) electrons. The van der Waals surface area contributed by atoms with Gasteiger partial charge in [0, 0.05) is 29.6 Å². The second-order valence-electron chi connectivity index (χ2n) is 7.32. The first-order chi connectivity index (χ1) is 14.3. The molecular weight excluding hydrogens is 384 g/mol. The van der Waals surface area contributed by atoms with Crippen molar-refractivity contribution < 1.29 is 4.79 Å². The third-order valence-corrected chi connectivity index (χ3v) is 6.27. The topological polar surface area (TPSA) is 85.6 Å². The lowest BCUT2D eigenvalue weighted by molar-refractivity contribution is 0.0922. The first-order valence-corrected chi connectivity index (χ1v) is 10.6. The van der Waals surface area contributed by atoms with Crippen molar-refractivity contribution in [2.45, 2.75) is 37.8 Å². The molecule has 3 heterocycles.